The smallest absolute Gasteiger partial charge is 0.307 e. The Morgan fingerprint density at radius 1 is 1.18 bits per heavy atom. The maximum Gasteiger partial charge on any atom is 0.307 e. The Bertz CT molecular complexity index is 265. The van der Waals surface area contributed by atoms with Crippen LogP contribution in [0.5, 0.6) is 0 Å². The molecule has 2 N–H and O–H groups in total. The second kappa shape index (κ2) is 7.30. The lowest BCUT2D eigenvalue weighted by molar-refractivity contribution is -0.148. The van der Waals surface area contributed by atoms with Crippen LogP contribution in [0.4, 0.5) is 0 Å². The number of aliphatic carboxylic acids is 1. The molecule has 1 fully saturated rings. The van der Waals surface area contributed by atoms with Crippen molar-refractivity contribution < 1.29 is 14.7 Å². The largest absolute Gasteiger partial charge is 0.481 e. The van der Waals surface area contributed by atoms with Crippen molar-refractivity contribution >= 4 is 11.9 Å². The molecule has 1 saturated carbocycles. The van der Waals surface area contributed by atoms with E-state index in [2.05, 4.69) is 12.2 Å². The summed E-state index contributed by atoms with van der Waals surface area (Å²) >= 11 is 0. The molecule has 0 aromatic heterocycles. The number of carboxylic acid groups (broad SMARTS) is 1. The second-order valence-corrected chi connectivity index (χ2v) is 4.83. The van der Waals surface area contributed by atoms with E-state index in [0.29, 0.717) is 13.0 Å². The molecule has 1 aliphatic rings. The highest BCUT2D eigenvalue weighted by Gasteiger charge is 2.35. The van der Waals surface area contributed by atoms with Gasteiger partial charge in [0, 0.05) is 6.54 Å². The molecule has 4 nitrogen and oxygen atoms in total. The topological polar surface area (TPSA) is 66.4 Å². The van der Waals surface area contributed by atoms with E-state index >= 15 is 0 Å². The van der Waals surface area contributed by atoms with E-state index in [9.17, 15) is 9.59 Å². The third-order valence-electron chi connectivity index (χ3n) is 3.50. The van der Waals surface area contributed by atoms with E-state index in [-0.39, 0.29) is 11.8 Å². The minimum absolute atomic E-state index is 0.0618. The van der Waals surface area contributed by atoms with E-state index in [1.165, 1.54) is 0 Å². The van der Waals surface area contributed by atoms with E-state index < -0.39 is 11.9 Å². The van der Waals surface area contributed by atoms with Gasteiger partial charge in [-0.15, -0.1) is 0 Å². The molecule has 98 valence electrons. The van der Waals surface area contributed by atoms with Crippen molar-refractivity contribution in [3.05, 3.63) is 0 Å². The lowest BCUT2D eigenvalue weighted by Gasteiger charge is -2.27. The summed E-state index contributed by atoms with van der Waals surface area (Å²) in [4.78, 5) is 23.0. The fourth-order valence-electron chi connectivity index (χ4n) is 2.46. The zero-order valence-corrected chi connectivity index (χ0v) is 10.6. The summed E-state index contributed by atoms with van der Waals surface area (Å²) in [5, 5.41) is 12.0. The van der Waals surface area contributed by atoms with Crippen molar-refractivity contribution in [2.75, 3.05) is 6.54 Å². The van der Waals surface area contributed by atoms with Crippen LogP contribution in [0.2, 0.25) is 0 Å². The van der Waals surface area contributed by atoms with Crippen molar-refractivity contribution in [2.24, 2.45) is 11.8 Å². The first-order valence-electron chi connectivity index (χ1n) is 6.67. The van der Waals surface area contributed by atoms with Crippen LogP contribution >= 0.6 is 0 Å². The molecule has 0 aliphatic heterocycles. The van der Waals surface area contributed by atoms with E-state index in [1.807, 2.05) is 0 Å². The minimum Gasteiger partial charge on any atom is -0.481 e. The second-order valence-electron chi connectivity index (χ2n) is 4.83. The lowest BCUT2D eigenvalue weighted by Crippen LogP contribution is -2.40. The van der Waals surface area contributed by atoms with Gasteiger partial charge in [0.2, 0.25) is 5.91 Å². The Morgan fingerprint density at radius 3 is 2.41 bits per heavy atom. The number of carbonyl (C=O) groups is 2. The SMILES string of the molecule is CCCCCNC(=O)[C@@H]1CCCC[C@@H]1C(=O)O. The van der Waals surface area contributed by atoms with Crippen LogP contribution in [0.1, 0.15) is 51.9 Å². The molecule has 0 unspecified atom stereocenters. The van der Waals surface area contributed by atoms with E-state index in [0.717, 1.165) is 38.5 Å². The Labute approximate surface area is 103 Å². The molecule has 17 heavy (non-hydrogen) atoms. The molecule has 0 saturated heterocycles. The number of nitrogens with one attached hydrogen (secondary N) is 1. The van der Waals surface area contributed by atoms with Crippen LogP contribution < -0.4 is 5.32 Å². The predicted molar refractivity (Wildman–Crippen MR) is 65.6 cm³/mol. The van der Waals surface area contributed by atoms with Gasteiger partial charge in [0.1, 0.15) is 0 Å². The standard InChI is InChI=1S/C13H23NO3/c1-2-3-6-9-14-12(15)10-7-4-5-8-11(10)13(16)17/h10-11H,2-9H2,1H3,(H,14,15)(H,16,17)/t10-,11+/m1/s1. The summed E-state index contributed by atoms with van der Waals surface area (Å²) in [7, 11) is 0. The maximum atomic E-state index is 11.9. The van der Waals surface area contributed by atoms with Gasteiger partial charge >= 0.3 is 5.97 Å². The van der Waals surface area contributed by atoms with Crippen LogP contribution in [-0.4, -0.2) is 23.5 Å². The Kier molecular flexibility index (Phi) is 6.01. The number of amides is 1. The molecule has 4 heteroatoms. The highest BCUT2D eigenvalue weighted by Crippen LogP contribution is 2.30. The van der Waals surface area contributed by atoms with Gasteiger partial charge in [-0.2, -0.15) is 0 Å². The fraction of sp³-hybridized carbons (Fsp3) is 0.846. The molecule has 0 aromatic rings. The fourth-order valence-corrected chi connectivity index (χ4v) is 2.46. The van der Waals surface area contributed by atoms with Gasteiger partial charge < -0.3 is 10.4 Å². The Balaban J connectivity index is 2.39. The summed E-state index contributed by atoms with van der Waals surface area (Å²) in [5.74, 6) is -1.68. The molecule has 1 rings (SSSR count). The number of carbonyl (C=O) groups excluding carboxylic acids is 1. The number of hydrogen-bond donors (Lipinski definition) is 2. The zero-order chi connectivity index (χ0) is 12.7. The molecule has 0 aromatic carbocycles. The van der Waals surface area contributed by atoms with Crippen LogP contribution in [0.3, 0.4) is 0 Å². The monoisotopic (exact) mass is 241 g/mol. The van der Waals surface area contributed by atoms with Crippen molar-refractivity contribution in [1.82, 2.24) is 5.32 Å². The zero-order valence-electron chi connectivity index (χ0n) is 10.6. The van der Waals surface area contributed by atoms with E-state index in [1.54, 1.807) is 0 Å². The third kappa shape index (κ3) is 4.36. The molecule has 2 atom stereocenters. The number of rotatable bonds is 6. The Morgan fingerprint density at radius 2 is 1.82 bits per heavy atom. The summed E-state index contributed by atoms with van der Waals surface area (Å²) in [6.07, 6.45) is 6.46. The lowest BCUT2D eigenvalue weighted by atomic mass is 9.78. The molecule has 1 aliphatic carbocycles. The van der Waals surface area contributed by atoms with Gasteiger partial charge in [0.15, 0.2) is 0 Å². The highest BCUT2D eigenvalue weighted by atomic mass is 16.4. The van der Waals surface area contributed by atoms with Crippen molar-refractivity contribution in [2.45, 2.75) is 51.9 Å². The van der Waals surface area contributed by atoms with Crippen LogP contribution in [-0.2, 0) is 9.59 Å². The van der Waals surface area contributed by atoms with Gasteiger partial charge in [0.05, 0.1) is 11.8 Å². The van der Waals surface area contributed by atoms with Crippen LogP contribution in [0, 0.1) is 11.8 Å². The van der Waals surface area contributed by atoms with Crippen molar-refractivity contribution in [3.63, 3.8) is 0 Å². The van der Waals surface area contributed by atoms with Crippen LogP contribution in [0.25, 0.3) is 0 Å². The average Bonchev–Trinajstić information content (AvgIpc) is 2.34. The summed E-state index contributed by atoms with van der Waals surface area (Å²) in [6.45, 7) is 2.79. The summed E-state index contributed by atoms with van der Waals surface area (Å²) < 4.78 is 0. The summed E-state index contributed by atoms with van der Waals surface area (Å²) in [6, 6.07) is 0. The van der Waals surface area contributed by atoms with Gasteiger partial charge in [0.25, 0.3) is 0 Å². The average molecular weight is 241 g/mol. The van der Waals surface area contributed by atoms with Gasteiger partial charge in [-0.1, -0.05) is 32.6 Å². The molecule has 0 spiro atoms. The quantitative estimate of drug-likeness (QED) is 0.700. The first-order chi connectivity index (χ1) is 8.16. The maximum absolute atomic E-state index is 11.9. The Hall–Kier alpha value is -1.06. The normalized spacial score (nSPS) is 24.3. The minimum atomic E-state index is -0.821. The molecule has 1 amide bonds. The molecular formula is C13H23NO3. The summed E-state index contributed by atoms with van der Waals surface area (Å²) in [5.41, 5.74) is 0. The molecule has 0 bridgehead atoms. The van der Waals surface area contributed by atoms with Crippen molar-refractivity contribution in [1.29, 1.82) is 0 Å². The van der Waals surface area contributed by atoms with Crippen LogP contribution in [0.15, 0.2) is 0 Å². The van der Waals surface area contributed by atoms with Gasteiger partial charge in [-0.25, -0.2) is 0 Å². The first-order valence-corrected chi connectivity index (χ1v) is 6.67. The third-order valence-corrected chi connectivity index (χ3v) is 3.50. The van der Waals surface area contributed by atoms with Gasteiger partial charge in [-0.3, -0.25) is 9.59 Å². The number of hydrogen-bond acceptors (Lipinski definition) is 2. The van der Waals surface area contributed by atoms with Crippen molar-refractivity contribution in [3.8, 4) is 0 Å². The predicted octanol–water partition coefficient (Wildman–Crippen LogP) is 2.18. The molecule has 0 heterocycles. The molecular weight excluding hydrogens is 218 g/mol. The number of unbranched alkanes of at least 4 members (excludes halogenated alkanes) is 2. The van der Waals surface area contributed by atoms with Gasteiger partial charge in [-0.05, 0) is 19.3 Å². The highest BCUT2D eigenvalue weighted by molar-refractivity contribution is 5.84. The first kappa shape index (κ1) is 14.0. The van der Waals surface area contributed by atoms with E-state index in [4.69, 9.17) is 5.11 Å². The molecule has 0 radical (unpaired) electrons. The number of carboxylic acids is 1.